The third-order valence-electron chi connectivity index (χ3n) is 4.53. The maximum absolute atomic E-state index is 12.9. The van der Waals surface area contributed by atoms with Crippen LogP contribution in [0, 0.1) is 17.8 Å². The van der Waals surface area contributed by atoms with E-state index in [0.717, 1.165) is 32.2 Å². The predicted octanol–water partition coefficient (Wildman–Crippen LogP) is 5.67. The van der Waals surface area contributed by atoms with E-state index in [2.05, 4.69) is 18.1 Å². The van der Waals surface area contributed by atoms with Gasteiger partial charge in [-0.2, -0.15) is 0 Å². The van der Waals surface area contributed by atoms with Crippen LogP contribution in [0.3, 0.4) is 0 Å². The van der Waals surface area contributed by atoms with Crippen molar-refractivity contribution in [3.63, 3.8) is 0 Å². The average Bonchev–Trinajstić information content (AvgIpc) is 3.19. The van der Waals surface area contributed by atoms with Crippen LogP contribution in [-0.2, 0) is 0 Å². The number of carbonyl (C=O) groups excluding carboxylic acids is 1. The van der Waals surface area contributed by atoms with Crippen molar-refractivity contribution in [1.29, 1.82) is 0 Å². The van der Waals surface area contributed by atoms with E-state index in [1.165, 1.54) is 23.1 Å². The second kappa shape index (κ2) is 7.42. The van der Waals surface area contributed by atoms with E-state index in [0.29, 0.717) is 9.71 Å². The standard InChI is InChI=1S/C20H17N3OS3/c1-13-14(2)22(17-11-7-6-10-16(13)17)18(24)12-26-19-21-23(20(25)27-19)15-8-4-3-5-9-15/h3-11H,12H2,1-2H3. The number of hydrogen-bond donors (Lipinski definition) is 0. The average molecular weight is 412 g/mol. The van der Waals surface area contributed by atoms with Crippen LogP contribution in [0.15, 0.2) is 58.9 Å². The van der Waals surface area contributed by atoms with Gasteiger partial charge in [0.15, 0.2) is 8.29 Å². The Balaban J connectivity index is 1.58. The minimum Gasteiger partial charge on any atom is -0.284 e. The molecule has 0 unspecified atom stereocenters. The van der Waals surface area contributed by atoms with E-state index in [-0.39, 0.29) is 5.91 Å². The summed E-state index contributed by atoms with van der Waals surface area (Å²) < 4.78 is 5.02. The molecule has 0 fully saturated rings. The maximum atomic E-state index is 12.9. The Morgan fingerprint density at radius 2 is 1.81 bits per heavy atom. The highest BCUT2D eigenvalue weighted by Crippen LogP contribution is 2.28. The molecule has 2 aromatic heterocycles. The molecule has 0 spiro atoms. The van der Waals surface area contributed by atoms with E-state index in [9.17, 15) is 4.79 Å². The molecule has 136 valence electrons. The van der Waals surface area contributed by atoms with Gasteiger partial charge in [-0.25, -0.2) is 4.68 Å². The Kier molecular flexibility index (Phi) is 4.99. The minimum atomic E-state index is 0.0502. The molecule has 0 aliphatic carbocycles. The molecule has 0 aliphatic heterocycles. The molecule has 0 atom stereocenters. The topological polar surface area (TPSA) is 39.8 Å². The molecule has 0 amide bonds. The van der Waals surface area contributed by atoms with Crippen LogP contribution in [0.5, 0.6) is 0 Å². The number of para-hydroxylation sites is 2. The van der Waals surface area contributed by atoms with Crippen molar-refractivity contribution in [3.8, 4) is 5.69 Å². The smallest absolute Gasteiger partial charge is 0.241 e. The van der Waals surface area contributed by atoms with E-state index in [1.807, 2.05) is 60.0 Å². The first kappa shape index (κ1) is 18.2. The molecule has 2 aromatic carbocycles. The molecule has 0 bridgehead atoms. The first-order valence-electron chi connectivity index (χ1n) is 8.44. The fourth-order valence-electron chi connectivity index (χ4n) is 3.09. The maximum Gasteiger partial charge on any atom is 0.241 e. The molecule has 4 nitrogen and oxygen atoms in total. The lowest BCUT2D eigenvalue weighted by Crippen LogP contribution is -2.14. The summed E-state index contributed by atoms with van der Waals surface area (Å²) in [4.78, 5) is 12.9. The molecular formula is C20H17N3OS3. The number of fused-ring (bicyclic) bond motifs is 1. The molecule has 2 heterocycles. The van der Waals surface area contributed by atoms with Gasteiger partial charge in [-0.15, -0.1) is 5.10 Å². The van der Waals surface area contributed by atoms with Gasteiger partial charge in [0.1, 0.15) is 0 Å². The van der Waals surface area contributed by atoms with Crippen LogP contribution in [-0.4, -0.2) is 26.0 Å². The van der Waals surface area contributed by atoms with Gasteiger partial charge in [0.25, 0.3) is 0 Å². The Morgan fingerprint density at radius 1 is 1.11 bits per heavy atom. The molecule has 0 aliphatic rings. The number of thioether (sulfide) groups is 1. The minimum absolute atomic E-state index is 0.0502. The Hall–Kier alpha value is -2.22. The van der Waals surface area contributed by atoms with Crippen molar-refractivity contribution < 1.29 is 4.79 Å². The molecule has 7 heteroatoms. The SMILES string of the molecule is Cc1c(C)n(C(=O)CSc2nn(-c3ccccc3)c(=S)s2)c2ccccc12. The predicted molar refractivity (Wildman–Crippen MR) is 115 cm³/mol. The fourth-order valence-corrected chi connectivity index (χ4v) is 5.30. The highest BCUT2D eigenvalue weighted by Gasteiger charge is 2.17. The molecule has 4 rings (SSSR count). The summed E-state index contributed by atoms with van der Waals surface area (Å²) in [5.74, 6) is 0.366. The molecule has 0 saturated carbocycles. The van der Waals surface area contributed by atoms with Crippen molar-refractivity contribution in [3.05, 3.63) is 69.8 Å². The van der Waals surface area contributed by atoms with Crippen molar-refractivity contribution in [2.75, 3.05) is 5.75 Å². The van der Waals surface area contributed by atoms with E-state index in [4.69, 9.17) is 12.2 Å². The van der Waals surface area contributed by atoms with Gasteiger partial charge in [-0.05, 0) is 49.8 Å². The highest BCUT2D eigenvalue weighted by molar-refractivity contribution is 8.01. The number of carbonyl (C=O) groups is 1. The second-order valence-electron chi connectivity index (χ2n) is 6.13. The lowest BCUT2D eigenvalue weighted by Gasteiger charge is -2.06. The summed E-state index contributed by atoms with van der Waals surface area (Å²) >= 11 is 8.29. The van der Waals surface area contributed by atoms with E-state index < -0.39 is 0 Å². The molecule has 27 heavy (non-hydrogen) atoms. The summed E-state index contributed by atoms with van der Waals surface area (Å²) in [6, 6.07) is 17.8. The lowest BCUT2D eigenvalue weighted by molar-refractivity contribution is 0.0945. The van der Waals surface area contributed by atoms with Gasteiger partial charge in [0.05, 0.1) is 17.0 Å². The van der Waals surface area contributed by atoms with E-state index >= 15 is 0 Å². The molecule has 0 N–H and O–H groups in total. The first-order valence-corrected chi connectivity index (χ1v) is 10.7. The summed E-state index contributed by atoms with van der Waals surface area (Å²) in [5, 5.41) is 5.69. The Labute approximate surface area is 170 Å². The third kappa shape index (κ3) is 3.38. The second-order valence-corrected chi connectivity index (χ2v) is 8.97. The highest BCUT2D eigenvalue weighted by atomic mass is 32.2. The van der Waals surface area contributed by atoms with Crippen LogP contribution in [0.1, 0.15) is 16.1 Å². The fraction of sp³-hybridized carbons (Fsp3) is 0.150. The first-order chi connectivity index (χ1) is 13.1. The molecule has 0 radical (unpaired) electrons. The van der Waals surface area contributed by atoms with Crippen molar-refractivity contribution in [2.24, 2.45) is 0 Å². The zero-order valence-corrected chi connectivity index (χ0v) is 17.3. The van der Waals surface area contributed by atoms with Gasteiger partial charge in [-0.1, -0.05) is 59.5 Å². The largest absolute Gasteiger partial charge is 0.284 e. The number of aromatic nitrogens is 3. The van der Waals surface area contributed by atoms with Crippen molar-refractivity contribution in [2.45, 2.75) is 18.2 Å². The van der Waals surface area contributed by atoms with Crippen LogP contribution in [0.25, 0.3) is 16.6 Å². The van der Waals surface area contributed by atoms with Crippen LogP contribution in [0.4, 0.5) is 0 Å². The van der Waals surface area contributed by atoms with Gasteiger partial charge >= 0.3 is 0 Å². The molecule has 0 saturated heterocycles. The number of rotatable bonds is 4. The Bertz CT molecular complexity index is 1190. The van der Waals surface area contributed by atoms with Crippen LogP contribution >= 0.6 is 35.3 Å². The zero-order valence-electron chi connectivity index (χ0n) is 14.9. The number of hydrogen-bond acceptors (Lipinski definition) is 5. The van der Waals surface area contributed by atoms with Gasteiger partial charge in [-0.3, -0.25) is 9.36 Å². The quantitative estimate of drug-likeness (QED) is 0.320. The summed E-state index contributed by atoms with van der Waals surface area (Å²) in [6.07, 6.45) is 0. The third-order valence-corrected chi connectivity index (χ3v) is 6.88. The van der Waals surface area contributed by atoms with Crippen LogP contribution < -0.4 is 0 Å². The molecular weight excluding hydrogens is 394 g/mol. The van der Waals surface area contributed by atoms with Crippen molar-refractivity contribution in [1.82, 2.24) is 14.3 Å². The summed E-state index contributed by atoms with van der Waals surface area (Å²) in [6.45, 7) is 4.05. The molecule has 4 aromatic rings. The Morgan fingerprint density at radius 3 is 2.59 bits per heavy atom. The number of nitrogens with zero attached hydrogens (tertiary/aromatic N) is 3. The zero-order chi connectivity index (χ0) is 19.0. The van der Waals surface area contributed by atoms with Gasteiger partial charge in [0.2, 0.25) is 5.91 Å². The normalized spacial score (nSPS) is 11.2. The monoisotopic (exact) mass is 411 g/mol. The van der Waals surface area contributed by atoms with Gasteiger partial charge in [0, 0.05) is 11.1 Å². The van der Waals surface area contributed by atoms with E-state index in [1.54, 1.807) is 4.68 Å². The van der Waals surface area contributed by atoms with Crippen molar-refractivity contribution >= 4 is 52.1 Å². The van der Waals surface area contributed by atoms with Crippen LogP contribution in [0.2, 0.25) is 0 Å². The number of benzene rings is 2. The van der Waals surface area contributed by atoms with Gasteiger partial charge < -0.3 is 0 Å². The summed E-state index contributed by atoms with van der Waals surface area (Å²) in [7, 11) is 0. The number of aryl methyl sites for hydroxylation is 1. The lowest BCUT2D eigenvalue weighted by atomic mass is 10.2. The summed E-state index contributed by atoms with van der Waals surface area (Å²) in [5.41, 5.74) is 4.03.